The summed E-state index contributed by atoms with van der Waals surface area (Å²) in [6.45, 7) is 2.93. The average molecular weight is 456 g/mol. The van der Waals surface area contributed by atoms with E-state index in [1.54, 1.807) is 0 Å². The second-order valence-electron chi connectivity index (χ2n) is 7.97. The minimum Gasteiger partial charge on any atom is -0.478 e. The fraction of sp³-hybridized carbons (Fsp3) is 0.652. The van der Waals surface area contributed by atoms with E-state index in [1.165, 1.54) is 54.7 Å². The van der Waals surface area contributed by atoms with Crippen LogP contribution in [0.1, 0.15) is 68.0 Å². The monoisotopic (exact) mass is 455 g/mol. The molecule has 1 aliphatic carbocycles. The Morgan fingerprint density at radius 3 is 2.23 bits per heavy atom. The highest BCUT2D eigenvalue weighted by atomic mass is 32.1. The van der Waals surface area contributed by atoms with Crippen molar-refractivity contribution in [3.8, 4) is 0 Å². The predicted octanol–water partition coefficient (Wildman–Crippen LogP) is 3.98. The lowest BCUT2D eigenvalue weighted by Crippen LogP contribution is -2.27. The molecule has 1 fully saturated rings. The highest BCUT2D eigenvalue weighted by Crippen LogP contribution is 2.23. The number of carboxylic acids is 2. The van der Waals surface area contributed by atoms with Crippen molar-refractivity contribution in [1.29, 1.82) is 0 Å². The van der Waals surface area contributed by atoms with Gasteiger partial charge in [0.2, 0.25) is 0 Å². The van der Waals surface area contributed by atoms with Crippen LogP contribution < -0.4 is 5.73 Å². The summed E-state index contributed by atoms with van der Waals surface area (Å²) in [7, 11) is 0. The minimum absolute atomic E-state index is 0.164. The number of thiophene rings is 1. The molecule has 2 atom stereocenters. The van der Waals surface area contributed by atoms with Gasteiger partial charge < -0.3 is 25.8 Å². The van der Waals surface area contributed by atoms with Crippen molar-refractivity contribution in [2.75, 3.05) is 6.61 Å². The molecule has 0 radical (unpaired) electrons. The number of nitrogens with two attached hydrogens (primary N) is 1. The Morgan fingerprint density at radius 2 is 1.68 bits per heavy atom. The molecule has 0 aromatic carbocycles. The van der Waals surface area contributed by atoms with Gasteiger partial charge in [0.1, 0.15) is 6.23 Å². The van der Waals surface area contributed by atoms with Crippen molar-refractivity contribution in [3.63, 3.8) is 0 Å². The maximum atomic E-state index is 9.55. The summed E-state index contributed by atoms with van der Waals surface area (Å²) in [5.74, 6) is -2.35. The number of ether oxygens (including phenoxy) is 1. The number of aryl methyl sites for hydroxylation is 2. The fourth-order valence-electron chi connectivity index (χ4n) is 3.26. The molecule has 0 bridgehead atoms. The van der Waals surface area contributed by atoms with Gasteiger partial charge in [-0.25, -0.2) is 9.59 Å². The molecular weight excluding hydrogens is 418 g/mol. The van der Waals surface area contributed by atoms with Crippen molar-refractivity contribution >= 4 is 23.3 Å². The van der Waals surface area contributed by atoms with E-state index >= 15 is 0 Å². The summed E-state index contributed by atoms with van der Waals surface area (Å²) >= 11 is 1.91. The maximum absolute atomic E-state index is 9.55. The van der Waals surface area contributed by atoms with Crippen molar-refractivity contribution in [3.05, 3.63) is 34.0 Å². The quantitative estimate of drug-likeness (QED) is 0.213. The smallest absolute Gasteiger partial charge is 0.328 e. The molecule has 2 rings (SSSR count). The molecule has 1 aromatic rings. The van der Waals surface area contributed by atoms with E-state index in [9.17, 15) is 14.7 Å². The molecule has 1 heterocycles. The second-order valence-corrected chi connectivity index (χ2v) is 9.23. The molecule has 0 saturated heterocycles. The zero-order chi connectivity index (χ0) is 23.1. The molecule has 0 amide bonds. The van der Waals surface area contributed by atoms with Crippen LogP contribution >= 0.6 is 11.3 Å². The van der Waals surface area contributed by atoms with E-state index in [0.717, 1.165) is 25.9 Å². The van der Waals surface area contributed by atoms with Gasteiger partial charge in [0, 0.05) is 28.5 Å². The maximum Gasteiger partial charge on any atom is 0.328 e. The van der Waals surface area contributed by atoms with Gasteiger partial charge in [0.05, 0.1) is 6.10 Å². The Balaban J connectivity index is 0.000000512. The number of unbranched alkanes of at least 4 members (excludes halogenated alkanes) is 1. The summed E-state index contributed by atoms with van der Waals surface area (Å²) in [5, 5.41) is 25.0. The molecular formula is C23H37NO6S. The van der Waals surface area contributed by atoms with Crippen LogP contribution in [0.2, 0.25) is 0 Å². The molecule has 8 heteroatoms. The number of aliphatic hydroxyl groups excluding tert-OH is 1. The molecule has 5 N–H and O–H groups in total. The minimum atomic E-state index is -1.26. The first-order valence-electron chi connectivity index (χ1n) is 11.0. The van der Waals surface area contributed by atoms with Crippen molar-refractivity contribution in [2.45, 2.75) is 83.5 Å². The molecule has 0 spiro atoms. The number of aliphatic hydroxyl groups is 1. The van der Waals surface area contributed by atoms with Gasteiger partial charge in [0.15, 0.2) is 0 Å². The van der Waals surface area contributed by atoms with Crippen molar-refractivity contribution < 1.29 is 29.6 Å². The molecule has 1 saturated carbocycles. The van der Waals surface area contributed by atoms with Crippen LogP contribution in [0, 0.1) is 5.92 Å². The summed E-state index contributed by atoms with van der Waals surface area (Å²) in [4.78, 5) is 22.0. The van der Waals surface area contributed by atoms with E-state index in [-0.39, 0.29) is 5.92 Å². The van der Waals surface area contributed by atoms with Gasteiger partial charge in [-0.2, -0.15) is 0 Å². The second kappa shape index (κ2) is 16.0. The van der Waals surface area contributed by atoms with Crippen LogP contribution in [-0.2, 0) is 27.2 Å². The zero-order valence-corrected chi connectivity index (χ0v) is 19.2. The molecule has 1 aromatic heterocycles. The third-order valence-corrected chi connectivity index (χ3v) is 6.44. The van der Waals surface area contributed by atoms with Crippen LogP contribution in [0.3, 0.4) is 0 Å². The molecule has 0 aliphatic heterocycles. The summed E-state index contributed by atoms with van der Waals surface area (Å²) in [6.07, 6.45) is 13.1. The Hall–Kier alpha value is -1.74. The van der Waals surface area contributed by atoms with E-state index < -0.39 is 18.2 Å². The van der Waals surface area contributed by atoms with E-state index in [0.29, 0.717) is 18.3 Å². The molecule has 176 valence electrons. The molecule has 1 aliphatic rings. The van der Waals surface area contributed by atoms with Crippen LogP contribution in [-0.4, -0.2) is 46.2 Å². The first-order valence-corrected chi connectivity index (χ1v) is 11.9. The summed E-state index contributed by atoms with van der Waals surface area (Å²) < 4.78 is 5.98. The molecule has 7 nitrogen and oxygen atoms in total. The SMILES string of the molecule is C[C@H](CCc1ccc(CCCCOC2CCCCC2)s1)C(N)O.O=C(O)/C=C\C(=O)O. The van der Waals surface area contributed by atoms with E-state index in [1.807, 2.05) is 18.3 Å². The molecule has 31 heavy (non-hydrogen) atoms. The van der Waals surface area contributed by atoms with Gasteiger partial charge in [-0.3, -0.25) is 0 Å². The Labute approximate surface area is 188 Å². The number of rotatable bonds is 12. The van der Waals surface area contributed by atoms with Gasteiger partial charge in [-0.15, -0.1) is 11.3 Å². The van der Waals surface area contributed by atoms with Gasteiger partial charge >= 0.3 is 11.9 Å². The van der Waals surface area contributed by atoms with Gasteiger partial charge in [-0.1, -0.05) is 26.2 Å². The van der Waals surface area contributed by atoms with E-state index in [2.05, 4.69) is 12.1 Å². The van der Waals surface area contributed by atoms with Crippen molar-refractivity contribution in [2.24, 2.45) is 11.7 Å². The standard InChI is InChI=1S/C19H33NO2S.C4H4O4/c1-15(19(20)21)10-11-18-13-12-17(23-18)9-5-6-14-22-16-7-3-2-4-8-16;5-3(6)1-2-4(7)8/h12-13,15-16,19,21H,2-11,14,20H2,1H3;1-2H,(H,5,6)(H,7,8)/b;2-1-/t15-,19?;/m1./s1. The van der Waals surface area contributed by atoms with Crippen LogP contribution in [0.15, 0.2) is 24.3 Å². The zero-order valence-electron chi connectivity index (χ0n) is 18.4. The lowest BCUT2D eigenvalue weighted by Gasteiger charge is -2.21. The Kier molecular flexibility index (Phi) is 14.1. The highest BCUT2D eigenvalue weighted by molar-refractivity contribution is 7.11. The summed E-state index contributed by atoms with van der Waals surface area (Å²) in [5.41, 5.74) is 5.50. The first kappa shape index (κ1) is 27.3. The summed E-state index contributed by atoms with van der Waals surface area (Å²) in [6, 6.07) is 4.49. The third kappa shape index (κ3) is 14.0. The third-order valence-electron chi connectivity index (χ3n) is 5.24. The Bertz CT molecular complexity index is 651. The van der Waals surface area contributed by atoms with Crippen molar-refractivity contribution in [1.82, 2.24) is 0 Å². The number of hydrogen-bond acceptors (Lipinski definition) is 6. The van der Waals surface area contributed by atoms with Crippen LogP contribution in [0.4, 0.5) is 0 Å². The average Bonchev–Trinajstić information content (AvgIpc) is 3.19. The lowest BCUT2D eigenvalue weighted by molar-refractivity contribution is -0.134. The normalized spacial score (nSPS) is 16.5. The lowest BCUT2D eigenvalue weighted by atomic mass is 9.98. The topological polar surface area (TPSA) is 130 Å². The Morgan fingerprint density at radius 1 is 1.10 bits per heavy atom. The molecule has 1 unspecified atom stereocenters. The number of carboxylic acid groups (broad SMARTS) is 2. The number of carbonyl (C=O) groups is 2. The van der Waals surface area contributed by atoms with E-state index in [4.69, 9.17) is 20.7 Å². The largest absolute Gasteiger partial charge is 0.478 e. The van der Waals surface area contributed by atoms with Gasteiger partial charge in [0.25, 0.3) is 0 Å². The number of aliphatic carboxylic acids is 2. The van der Waals surface area contributed by atoms with Crippen LogP contribution in [0.5, 0.6) is 0 Å². The number of hydrogen-bond donors (Lipinski definition) is 4. The predicted molar refractivity (Wildman–Crippen MR) is 122 cm³/mol. The highest BCUT2D eigenvalue weighted by Gasteiger charge is 2.13. The fourth-order valence-corrected chi connectivity index (χ4v) is 4.33. The first-order chi connectivity index (χ1) is 14.8. The van der Waals surface area contributed by atoms with Gasteiger partial charge in [-0.05, 0) is 63.0 Å². The van der Waals surface area contributed by atoms with Crippen LogP contribution in [0.25, 0.3) is 0 Å².